The molecule has 2 aromatic carbocycles. The topological polar surface area (TPSA) is 60.9 Å². The van der Waals surface area contributed by atoms with Gasteiger partial charge >= 0.3 is 0 Å². The Morgan fingerprint density at radius 1 is 1.00 bits per heavy atom. The minimum atomic E-state index is -0.167. The summed E-state index contributed by atoms with van der Waals surface area (Å²) in [5.41, 5.74) is 3.58. The van der Waals surface area contributed by atoms with E-state index in [1.165, 1.54) is 11.1 Å². The van der Waals surface area contributed by atoms with Gasteiger partial charge in [0.25, 0.3) is 0 Å². The minimum absolute atomic E-state index is 0.0309. The number of carbonyl (C=O) groups excluding carboxylic acids is 2. The third-order valence-electron chi connectivity index (χ3n) is 6.40. The molecule has 5 heteroatoms. The molecule has 152 valence electrons. The molecule has 2 heterocycles. The van der Waals surface area contributed by atoms with Gasteiger partial charge in [-0.3, -0.25) is 9.59 Å². The van der Waals surface area contributed by atoms with Crippen molar-refractivity contribution in [3.63, 3.8) is 0 Å². The maximum atomic E-state index is 13.1. The molecule has 0 bridgehead atoms. The highest BCUT2D eigenvalue weighted by atomic mass is 16.3. The third kappa shape index (κ3) is 4.14. The van der Waals surface area contributed by atoms with Gasteiger partial charge in [0.05, 0.1) is 12.5 Å². The van der Waals surface area contributed by atoms with Crippen LogP contribution < -0.4 is 0 Å². The number of carbonyl (C=O) groups is 2. The van der Waals surface area contributed by atoms with Crippen LogP contribution in [0.4, 0.5) is 0 Å². The van der Waals surface area contributed by atoms with Gasteiger partial charge in [-0.15, -0.1) is 0 Å². The van der Waals surface area contributed by atoms with Crippen molar-refractivity contribution in [3.05, 3.63) is 65.2 Å². The first-order valence-corrected chi connectivity index (χ1v) is 10.4. The van der Waals surface area contributed by atoms with Crippen molar-refractivity contribution in [3.8, 4) is 5.75 Å². The second kappa shape index (κ2) is 8.27. The summed E-state index contributed by atoms with van der Waals surface area (Å²) in [6.07, 6.45) is 3.04. The standard InChI is InChI=1S/C24H28N2O3/c1-17(27)26-15-12-20-4-2-3-5-22(20)23(26)16-24(29)25-13-10-19(11-14-25)18-6-8-21(28)9-7-18/h2-9,19,23,28H,10-16H2,1H3/t23-/m1/s1. The molecule has 2 aromatic rings. The molecule has 0 aromatic heterocycles. The number of rotatable bonds is 3. The molecule has 4 rings (SSSR count). The second-order valence-corrected chi connectivity index (χ2v) is 8.13. The van der Waals surface area contributed by atoms with Gasteiger partial charge in [-0.25, -0.2) is 0 Å². The van der Waals surface area contributed by atoms with Crippen LogP contribution in [0.15, 0.2) is 48.5 Å². The number of nitrogens with zero attached hydrogens (tertiary/aromatic N) is 2. The van der Waals surface area contributed by atoms with Gasteiger partial charge in [0, 0.05) is 26.6 Å². The first-order valence-electron chi connectivity index (χ1n) is 10.4. The van der Waals surface area contributed by atoms with E-state index in [-0.39, 0.29) is 23.6 Å². The number of fused-ring (bicyclic) bond motifs is 1. The summed E-state index contributed by atoms with van der Waals surface area (Å²) in [6.45, 7) is 3.74. The lowest BCUT2D eigenvalue weighted by molar-refractivity contribution is -0.137. The summed E-state index contributed by atoms with van der Waals surface area (Å²) in [6, 6.07) is 15.4. The average molecular weight is 392 g/mol. The highest BCUT2D eigenvalue weighted by molar-refractivity contribution is 5.80. The molecule has 0 unspecified atom stereocenters. The number of hydrogen-bond donors (Lipinski definition) is 1. The first-order chi connectivity index (χ1) is 14.0. The Balaban J connectivity index is 1.42. The van der Waals surface area contributed by atoms with Crippen molar-refractivity contribution < 1.29 is 14.7 Å². The van der Waals surface area contributed by atoms with Crippen molar-refractivity contribution in [2.75, 3.05) is 19.6 Å². The number of hydrogen-bond acceptors (Lipinski definition) is 3. The number of benzene rings is 2. The zero-order valence-corrected chi connectivity index (χ0v) is 16.9. The van der Waals surface area contributed by atoms with Crippen molar-refractivity contribution in [1.82, 2.24) is 9.80 Å². The third-order valence-corrected chi connectivity index (χ3v) is 6.40. The molecular weight excluding hydrogens is 364 g/mol. The Kier molecular flexibility index (Phi) is 5.56. The van der Waals surface area contributed by atoms with Gasteiger partial charge in [-0.1, -0.05) is 36.4 Å². The van der Waals surface area contributed by atoms with Crippen LogP contribution in [0.5, 0.6) is 5.75 Å². The molecule has 1 N–H and O–H groups in total. The molecule has 1 atom stereocenters. The average Bonchev–Trinajstić information content (AvgIpc) is 2.74. The normalized spacial score (nSPS) is 19.7. The molecule has 5 nitrogen and oxygen atoms in total. The van der Waals surface area contributed by atoms with E-state index >= 15 is 0 Å². The molecule has 2 aliphatic rings. The largest absolute Gasteiger partial charge is 0.508 e. The summed E-state index contributed by atoms with van der Waals surface area (Å²) in [4.78, 5) is 29.1. The Morgan fingerprint density at radius 3 is 2.38 bits per heavy atom. The fourth-order valence-electron chi connectivity index (χ4n) is 4.75. The lowest BCUT2D eigenvalue weighted by atomic mass is 9.88. The van der Waals surface area contributed by atoms with Crippen LogP contribution in [0.2, 0.25) is 0 Å². The number of amides is 2. The predicted octanol–water partition coefficient (Wildman–Crippen LogP) is 3.63. The Morgan fingerprint density at radius 2 is 1.69 bits per heavy atom. The van der Waals surface area contributed by atoms with E-state index in [2.05, 4.69) is 12.1 Å². The maximum Gasteiger partial charge on any atom is 0.224 e. The van der Waals surface area contributed by atoms with Gasteiger partial charge in [0.2, 0.25) is 11.8 Å². The van der Waals surface area contributed by atoms with Crippen molar-refractivity contribution in [2.45, 2.75) is 44.6 Å². The zero-order valence-electron chi connectivity index (χ0n) is 16.9. The molecule has 1 saturated heterocycles. The van der Waals surface area contributed by atoms with Crippen molar-refractivity contribution in [1.29, 1.82) is 0 Å². The Bertz CT molecular complexity index is 885. The van der Waals surface area contributed by atoms with Crippen LogP contribution in [0.1, 0.15) is 54.8 Å². The summed E-state index contributed by atoms with van der Waals surface area (Å²) in [7, 11) is 0. The van der Waals surface area contributed by atoms with E-state index in [1.54, 1.807) is 19.1 Å². The van der Waals surface area contributed by atoms with Gasteiger partial charge in [-0.05, 0) is 54.0 Å². The SMILES string of the molecule is CC(=O)N1CCc2ccccc2[C@H]1CC(=O)N1CCC(c2ccc(O)cc2)CC1. The van der Waals surface area contributed by atoms with Crippen LogP contribution in [-0.2, 0) is 16.0 Å². The van der Waals surface area contributed by atoms with E-state index < -0.39 is 0 Å². The number of likely N-dealkylation sites (tertiary alicyclic amines) is 1. The fourth-order valence-corrected chi connectivity index (χ4v) is 4.75. The van der Waals surface area contributed by atoms with Crippen LogP contribution >= 0.6 is 0 Å². The van der Waals surface area contributed by atoms with Crippen molar-refractivity contribution >= 4 is 11.8 Å². The second-order valence-electron chi connectivity index (χ2n) is 8.13. The molecule has 2 aliphatic heterocycles. The predicted molar refractivity (Wildman–Crippen MR) is 112 cm³/mol. The lowest BCUT2D eigenvalue weighted by Crippen LogP contribution is -2.43. The van der Waals surface area contributed by atoms with Gasteiger partial charge < -0.3 is 14.9 Å². The molecule has 0 aliphatic carbocycles. The van der Waals surface area contributed by atoms with E-state index in [0.29, 0.717) is 18.9 Å². The van der Waals surface area contributed by atoms with E-state index in [0.717, 1.165) is 37.9 Å². The molecule has 1 fully saturated rings. The van der Waals surface area contributed by atoms with Crippen molar-refractivity contribution in [2.24, 2.45) is 0 Å². The first kappa shape index (κ1) is 19.5. The Hall–Kier alpha value is -2.82. The molecular formula is C24H28N2O3. The number of piperidine rings is 1. The van der Waals surface area contributed by atoms with Gasteiger partial charge in [0.15, 0.2) is 0 Å². The molecule has 2 amide bonds. The number of aromatic hydroxyl groups is 1. The number of phenolic OH excluding ortho intramolecular Hbond substituents is 1. The zero-order chi connectivity index (χ0) is 20.4. The summed E-state index contributed by atoms with van der Waals surface area (Å²) >= 11 is 0. The Labute approximate surface area is 171 Å². The molecule has 0 spiro atoms. The highest BCUT2D eigenvalue weighted by Crippen LogP contribution is 2.34. The van der Waals surface area contributed by atoms with E-state index in [4.69, 9.17) is 0 Å². The summed E-state index contributed by atoms with van der Waals surface area (Å²) < 4.78 is 0. The van der Waals surface area contributed by atoms with E-state index in [9.17, 15) is 14.7 Å². The quantitative estimate of drug-likeness (QED) is 0.868. The minimum Gasteiger partial charge on any atom is -0.508 e. The summed E-state index contributed by atoms with van der Waals surface area (Å²) in [5, 5.41) is 9.47. The number of phenols is 1. The summed E-state index contributed by atoms with van der Waals surface area (Å²) in [5.74, 6) is 0.860. The van der Waals surface area contributed by atoms with Crippen LogP contribution in [0.25, 0.3) is 0 Å². The van der Waals surface area contributed by atoms with Crippen LogP contribution in [0, 0.1) is 0 Å². The fraction of sp³-hybridized carbons (Fsp3) is 0.417. The van der Waals surface area contributed by atoms with Crippen LogP contribution in [0.3, 0.4) is 0 Å². The highest BCUT2D eigenvalue weighted by Gasteiger charge is 2.33. The maximum absolute atomic E-state index is 13.1. The monoisotopic (exact) mass is 392 g/mol. The van der Waals surface area contributed by atoms with Gasteiger partial charge in [-0.2, -0.15) is 0 Å². The molecule has 0 radical (unpaired) electrons. The molecule has 29 heavy (non-hydrogen) atoms. The van der Waals surface area contributed by atoms with Crippen LogP contribution in [-0.4, -0.2) is 46.4 Å². The molecule has 0 saturated carbocycles. The lowest BCUT2D eigenvalue weighted by Gasteiger charge is -2.38. The van der Waals surface area contributed by atoms with Gasteiger partial charge in [0.1, 0.15) is 5.75 Å². The smallest absolute Gasteiger partial charge is 0.224 e. The van der Waals surface area contributed by atoms with E-state index in [1.807, 2.05) is 34.1 Å².